The number of amides is 1. The van der Waals surface area contributed by atoms with Gasteiger partial charge in [0.05, 0.1) is 10.6 Å². The number of hydrogen-bond donors (Lipinski definition) is 2. The smallest absolute Gasteiger partial charge is 0.326 e. The van der Waals surface area contributed by atoms with E-state index in [0.29, 0.717) is 12.0 Å². The van der Waals surface area contributed by atoms with Gasteiger partial charge in [0, 0.05) is 5.56 Å². The molecule has 0 heterocycles. The molecule has 0 aromatic heterocycles. The number of carboxylic acids is 1. The fourth-order valence-corrected chi connectivity index (χ4v) is 3.95. The standard InChI is InChI=1S/C20H23NO5S/c1-3-14(2)18(20(23)24)21-19(22)16-9-11-17(12-10-16)27(25,26)13-15-7-5-4-6-8-15/h4-12,14,18H,3,13H2,1-2H3,(H,21,22)(H,23,24)/t14-,18-/m0/s1. The van der Waals surface area contributed by atoms with Crippen LogP contribution in [0.15, 0.2) is 59.5 Å². The van der Waals surface area contributed by atoms with E-state index < -0.39 is 27.8 Å². The van der Waals surface area contributed by atoms with Crippen LogP contribution in [0.5, 0.6) is 0 Å². The first-order valence-corrected chi connectivity index (χ1v) is 10.3. The van der Waals surface area contributed by atoms with Crippen LogP contribution in [0.1, 0.15) is 36.2 Å². The number of carbonyl (C=O) groups excluding carboxylic acids is 1. The van der Waals surface area contributed by atoms with Gasteiger partial charge < -0.3 is 10.4 Å². The van der Waals surface area contributed by atoms with E-state index in [1.54, 1.807) is 31.2 Å². The van der Waals surface area contributed by atoms with Gasteiger partial charge >= 0.3 is 5.97 Å². The summed E-state index contributed by atoms with van der Waals surface area (Å²) in [5, 5.41) is 11.8. The largest absolute Gasteiger partial charge is 0.480 e. The van der Waals surface area contributed by atoms with Crippen LogP contribution in [-0.4, -0.2) is 31.4 Å². The molecule has 0 saturated heterocycles. The Kier molecular flexibility index (Phi) is 6.74. The van der Waals surface area contributed by atoms with E-state index in [2.05, 4.69) is 5.32 Å². The SMILES string of the molecule is CC[C@H](C)[C@H](NC(=O)c1ccc(S(=O)(=O)Cc2ccccc2)cc1)C(=O)O. The molecule has 144 valence electrons. The molecular formula is C20H23NO5S. The van der Waals surface area contributed by atoms with Crippen LogP contribution in [0.3, 0.4) is 0 Å². The number of benzene rings is 2. The van der Waals surface area contributed by atoms with E-state index in [1.165, 1.54) is 24.3 Å². The second kappa shape index (κ2) is 8.81. The maximum Gasteiger partial charge on any atom is 0.326 e. The Labute approximate surface area is 159 Å². The molecule has 0 saturated carbocycles. The molecule has 2 aromatic rings. The normalized spacial score (nSPS) is 13.6. The number of hydrogen-bond acceptors (Lipinski definition) is 4. The van der Waals surface area contributed by atoms with Crippen molar-refractivity contribution in [1.29, 1.82) is 0 Å². The Balaban J connectivity index is 2.14. The van der Waals surface area contributed by atoms with E-state index in [-0.39, 0.29) is 22.1 Å². The molecule has 2 rings (SSSR count). The van der Waals surface area contributed by atoms with Gasteiger partial charge in [-0.1, -0.05) is 50.6 Å². The Morgan fingerprint density at radius 2 is 1.63 bits per heavy atom. The summed E-state index contributed by atoms with van der Waals surface area (Å²) in [6.45, 7) is 3.59. The maximum absolute atomic E-state index is 12.5. The van der Waals surface area contributed by atoms with Gasteiger partial charge in [0.1, 0.15) is 6.04 Å². The van der Waals surface area contributed by atoms with Gasteiger partial charge in [0.15, 0.2) is 9.84 Å². The summed E-state index contributed by atoms with van der Waals surface area (Å²) in [6.07, 6.45) is 0.605. The minimum Gasteiger partial charge on any atom is -0.480 e. The monoisotopic (exact) mass is 389 g/mol. The molecule has 6 nitrogen and oxygen atoms in total. The molecule has 0 aliphatic carbocycles. The fraction of sp³-hybridized carbons (Fsp3) is 0.300. The van der Waals surface area contributed by atoms with Crippen molar-refractivity contribution in [2.75, 3.05) is 0 Å². The van der Waals surface area contributed by atoms with E-state index >= 15 is 0 Å². The van der Waals surface area contributed by atoms with Crippen LogP contribution < -0.4 is 5.32 Å². The molecule has 0 radical (unpaired) electrons. The van der Waals surface area contributed by atoms with Gasteiger partial charge in [-0.3, -0.25) is 4.79 Å². The summed E-state index contributed by atoms with van der Waals surface area (Å²) in [5.41, 5.74) is 0.889. The lowest BCUT2D eigenvalue weighted by Crippen LogP contribution is -2.45. The highest BCUT2D eigenvalue weighted by molar-refractivity contribution is 7.90. The number of carboxylic acid groups (broad SMARTS) is 1. The van der Waals surface area contributed by atoms with Crippen LogP contribution >= 0.6 is 0 Å². The van der Waals surface area contributed by atoms with Crippen LogP contribution in [0.2, 0.25) is 0 Å². The van der Waals surface area contributed by atoms with Crippen molar-refractivity contribution in [3.05, 3.63) is 65.7 Å². The second-order valence-electron chi connectivity index (χ2n) is 6.44. The fourth-order valence-electron chi connectivity index (χ4n) is 2.60. The maximum atomic E-state index is 12.5. The Morgan fingerprint density at radius 1 is 1.04 bits per heavy atom. The number of sulfone groups is 1. The summed E-state index contributed by atoms with van der Waals surface area (Å²) in [7, 11) is -3.54. The molecule has 0 aliphatic heterocycles. The summed E-state index contributed by atoms with van der Waals surface area (Å²) in [5.74, 6) is -2.00. The first kappa shape index (κ1) is 20.6. The van der Waals surface area contributed by atoms with Crippen molar-refractivity contribution in [3.63, 3.8) is 0 Å². The molecule has 0 fully saturated rings. The van der Waals surface area contributed by atoms with Gasteiger partial charge in [0.25, 0.3) is 5.91 Å². The molecule has 0 spiro atoms. The number of aliphatic carboxylic acids is 1. The third-order valence-corrected chi connectivity index (χ3v) is 6.14. The third kappa shape index (κ3) is 5.40. The minimum absolute atomic E-state index is 0.111. The van der Waals surface area contributed by atoms with Crippen molar-refractivity contribution in [2.24, 2.45) is 5.92 Å². The van der Waals surface area contributed by atoms with Crippen molar-refractivity contribution in [2.45, 2.75) is 37.0 Å². The Bertz CT molecular complexity index is 892. The molecule has 0 bridgehead atoms. The van der Waals surface area contributed by atoms with Crippen LogP contribution in [0, 0.1) is 5.92 Å². The molecular weight excluding hydrogens is 366 g/mol. The quantitative estimate of drug-likeness (QED) is 0.723. The highest BCUT2D eigenvalue weighted by Crippen LogP contribution is 2.17. The zero-order chi connectivity index (χ0) is 20.0. The van der Waals surface area contributed by atoms with Crippen molar-refractivity contribution >= 4 is 21.7 Å². The van der Waals surface area contributed by atoms with Gasteiger partial charge in [-0.25, -0.2) is 13.2 Å². The number of rotatable bonds is 8. The van der Waals surface area contributed by atoms with Crippen molar-refractivity contribution in [1.82, 2.24) is 5.32 Å². The predicted octanol–water partition coefficient (Wildman–Crippen LogP) is 2.89. The molecule has 27 heavy (non-hydrogen) atoms. The summed E-state index contributed by atoms with van der Waals surface area (Å²) < 4.78 is 25.0. The third-order valence-electron chi connectivity index (χ3n) is 4.44. The molecule has 0 aliphatic rings. The van der Waals surface area contributed by atoms with Gasteiger partial charge in [-0.05, 0) is 35.7 Å². The van der Waals surface area contributed by atoms with Crippen molar-refractivity contribution < 1.29 is 23.1 Å². The van der Waals surface area contributed by atoms with E-state index in [0.717, 1.165) is 0 Å². The van der Waals surface area contributed by atoms with E-state index in [4.69, 9.17) is 0 Å². The highest BCUT2D eigenvalue weighted by atomic mass is 32.2. The van der Waals surface area contributed by atoms with Crippen molar-refractivity contribution in [3.8, 4) is 0 Å². The minimum atomic E-state index is -3.54. The molecule has 2 atom stereocenters. The predicted molar refractivity (Wildman–Crippen MR) is 102 cm³/mol. The molecule has 2 N–H and O–H groups in total. The summed E-state index contributed by atoms with van der Waals surface area (Å²) in [6, 6.07) is 13.4. The van der Waals surface area contributed by atoms with E-state index in [1.807, 2.05) is 13.0 Å². The first-order valence-electron chi connectivity index (χ1n) is 8.65. The zero-order valence-corrected chi connectivity index (χ0v) is 16.1. The molecule has 0 unspecified atom stereocenters. The lowest BCUT2D eigenvalue weighted by Gasteiger charge is -2.20. The topological polar surface area (TPSA) is 101 Å². The lowest BCUT2D eigenvalue weighted by atomic mass is 9.99. The first-order chi connectivity index (χ1) is 12.7. The van der Waals surface area contributed by atoms with Gasteiger partial charge in [-0.15, -0.1) is 0 Å². The summed E-state index contributed by atoms with van der Waals surface area (Å²) >= 11 is 0. The molecule has 1 amide bonds. The number of nitrogens with one attached hydrogen (secondary N) is 1. The summed E-state index contributed by atoms with van der Waals surface area (Å²) in [4.78, 5) is 23.8. The van der Waals surface area contributed by atoms with E-state index in [9.17, 15) is 23.1 Å². The second-order valence-corrected chi connectivity index (χ2v) is 8.43. The average molecular weight is 389 g/mol. The molecule has 2 aromatic carbocycles. The number of carbonyl (C=O) groups is 2. The lowest BCUT2D eigenvalue weighted by molar-refractivity contribution is -0.140. The highest BCUT2D eigenvalue weighted by Gasteiger charge is 2.26. The zero-order valence-electron chi connectivity index (χ0n) is 15.3. The van der Waals surface area contributed by atoms with Crippen LogP contribution in [0.25, 0.3) is 0 Å². The van der Waals surface area contributed by atoms with Gasteiger partial charge in [0.2, 0.25) is 0 Å². The molecule has 7 heteroatoms. The van der Waals surface area contributed by atoms with Crippen LogP contribution in [-0.2, 0) is 20.4 Å². The Hall–Kier alpha value is -2.67. The Morgan fingerprint density at radius 3 is 2.15 bits per heavy atom. The van der Waals surface area contributed by atoms with Crippen LogP contribution in [0.4, 0.5) is 0 Å². The van der Waals surface area contributed by atoms with Gasteiger partial charge in [-0.2, -0.15) is 0 Å². The average Bonchev–Trinajstić information content (AvgIpc) is 2.65.